The highest BCUT2D eigenvalue weighted by Gasteiger charge is 2.23. The van der Waals surface area contributed by atoms with Gasteiger partial charge < -0.3 is 5.32 Å². The Morgan fingerprint density at radius 2 is 1.53 bits per heavy atom. The highest BCUT2D eigenvalue weighted by atomic mass is 32.2. The van der Waals surface area contributed by atoms with Crippen LogP contribution in [0.5, 0.6) is 0 Å². The van der Waals surface area contributed by atoms with Crippen LogP contribution in [-0.4, -0.2) is 38.4 Å². The van der Waals surface area contributed by atoms with Crippen molar-refractivity contribution in [3.63, 3.8) is 0 Å². The van der Waals surface area contributed by atoms with Gasteiger partial charge in [-0.25, -0.2) is 13.1 Å². The number of hydrogen-bond acceptors (Lipinski definition) is 4. The molecule has 2 N–H and O–H groups in total. The van der Waals surface area contributed by atoms with Crippen LogP contribution in [0, 0.1) is 6.92 Å². The van der Waals surface area contributed by atoms with Crippen molar-refractivity contribution in [2.75, 3.05) is 13.1 Å². The van der Waals surface area contributed by atoms with Crippen LogP contribution in [0.3, 0.4) is 0 Å². The third kappa shape index (κ3) is 6.32. The SMILES string of the molecule is Cc1ccc(S(=O)(=O)NCc2ccccc2)cc1C(=O)NC1CCN(Cc2ccccc2)CC1. The first-order valence-electron chi connectivity index (χ1n) is 11.6. The number of carbonyl (C=O) groups is 1. The van der Waals surface area contributed by atoms with Crippen molar-refractivity contribution >= 4 is 15.9 Å². The molecule has 7 heteroatoms. The topological polar surface area (TPSA) is 78.5 Å². The Morgan fingerprint density at radius 3 is 2.18 bits per heavy atom. The number of likely N-dealkylation sites (tertiary alicyclic amines) is 1. The van der Waals surface area contributed by atoms with Gasteiger partial charge in [0.25, 0.3) is 5.91 Å². The Morgan fingerprint density at radius 1 is 0.912 bits per heavy atom. The van der Waals surface area contributed by atoms with E-state index in [9.17, 15) is 13.2 Å². The lowest BCUT2D eigenvalue weighted by atomic mass is 10.0. The number of benzene rings is 3. The lowest BCUT2D eigenvalue weighted by Gasteiger charge is -2.32. The largest absolute Gasteiger partial charge is 0.349 e. The van der Waals surface area contributed by atoms with Crippen molar-refractivity contribution in [2.24, 2.45) is 0 Å². The second kappa shape index (κ2) is 11.0. The molecule has 6 nitrogen and oxygen atoms in total. The van der Waals surface area contributed by atoms with Gasteiger partial charge in [0.1, 0.15) is 0 Å². The van der Waals surface area contributed by atoms with E-state index in [0.717, 1.165) is 43.6 Å². The third-order valence-electron chi connectivity index (χ3n) is 6.24. The van der Waals surface area contributed by atoms with Crippen LogP contribution < -0.4 is 10.0 Å². The number of amides is 1. The first kappa shape index (κ1) is 24.1. The molecule has 4 rings (SSSR count). The molecule has 1 aliphatic rings. The number of carbonyl (C=O) groups excluding carboxylic acids is 1. The number of nitrogens with zero attached hydrogens (tertiary/aromatic N) is 1. The van der Waals surface area contributed by atoms with Crippen LogP contribution in [0.15, 0.2) is 83.8 Å². The Hall–Kier alpha value is -3.00. The lowest BCUT2D eigenvalue weighted by Crippen LogP contribution is -2.44. The second-order valence-corrected chi connectivity index (χ2v) is 10.6. The van der Waals surface area contributed by atoms with E-state index in [-0.39, 0.29) is 23.4 Å². The summed E-state index contributed by atoms with van der Waals surface area (Å²) in [7, 11) is -3.74. The van der Waals surface area contributed by atoms with Gasteiger partial charge in [-0.15, -0.1) is 0 Å². The van der Waals surface area contributed by atoms with Gasteiger partial charge in [-0.3, -0.25) is 9.69 Å². The zero-order chi connectivity index (χ0) is 24.0. The minimum absolute atomic E-state index is 0.0791. The summed E-state index contributed by atoms with van der Waals surface area (Å²) in [6.07, 6.45) is 1.74. The van der Waals surface area contributed by atoms with E-state index in [4.69, 9.17) is 0 Å². The summed E-state index contributed by atoms with van der Waals surface area (Å²) in [4.78, 5) is 15.5. The van der Waals surface area contributed by atoms with Crippen LogP contribution in [0.1, 0.15) is 39.9 Å². The van der Waals surface area contributed by atoms with E-state index >= 15 is 0 Å². The summed E-state index contributed by atoms with van der Waals surface area (Å²) >= 11 is 0. The summed E-state index contributed by atoms with van der Waals surface area (Å²) in [5.41, 5.74) is 3.31. The molecule has 0 radical (unpaired) electrons. The zero-order valence-corrected chi connectivity index (χ0v) is 20.2. The van der Waals surface area contributed by atoms with Crippen molar-refractivity contribution in [1.82, 2.24) is 14.9 Å². The molecule has 1 amide bonds. The smallest absolute Gasteiger partial charge is 0.251 e. The van der Waals surface area contributed by atoms with E-state index in [0.29, 0.717) is 5.56 Å². The number of nitrogens with one attached hydrogen (secondary N) is 2. The van der Waals surface area contributed by atoms with Crippen molar-refractivity contribution in [1.29, 1.82) is 0 Å². The quantitative estimate of drug-likeness (QED) is 0.516. The molecule has 178 valence electrons. The third-order valence-corrected chi connectivity index (χ3v) is 7.64. The molecule has 0 spiro atoms. The molecule has 1 aliphatic heterocycles. The summed E-state index contributed by atoms with van der Waals surface area (Å²) in [5.74, 6) is -0.223. The summed E-state index contributed by atoms with van der Waals surface area (Å²) in [6, 6.07) is 24.5. The molecule has 0 aliphatic carbocycles. The summed E-state index contributed by atoms with van der Waals surface area (Å²) in [5, 5.41) is 3.12. The van der Waals surface area contributed by atoms with E-state index in [1.54, 1.807) is 12.1 Å². The average Bonchev–Trinajstić information content (AvgIpc) is 2.85. The number of aryl methyl sites for hydroxylation is 1. The molecule has 0 saturated carbocycles. The molecular formula is C27H31N3O3S. The van der Waals surface area contributed by atoms with E-state index in [1.165, 1.54) is 11.6 Å². The fourth-order valence-electron chi connectivity index (χ4n) is 4.21. The van der Waals surface area contributed by atoms with Crippen LogP contribution in [-0.2, 0) is 23.1 Å². The van der Waals surface area contributed by atoms with Gasteiger partial charge in [0.2, 0.25) is 10.0 Å². The molecule has 3 aromatic rings. The minimum atomic E-state index is -3.74. The maximum atomic E-state index is 13.0. The Bertz CT molecular complexity index is 1210. The molecule has 3 aromatic carbocycles. The van der Waals surface area contributed by atoms with Crippen LogP contribution in [0.4, 0.5) is 0 Å². The predicted molar refractivity (Wildman–Crippen MR) is 134 cm³/mol. The van der Waals surface area contributed by atoms with Crippen molar-refractivity contribution < 1.29 is 13.2 Å². The first-order chi connectivity index (χ1) is 16.4. The Kier molecular flexibility index (Phi) is 7.77. The molecule has 1 saturated heterocycles. The maximum absolute atomic E-state index is 13.0. The molecule has 0 bridgehead atoms. The van der Waals surface area contributed by atoms with Gasteiger partial charge in [0.15, 0.2) is 0 Å². The molecule has 0 atom stereocenters. The van der Waals surface area contributed by atoms with E-state index < -0.39 is 10.0 Å². The first-order valence-corrected chi connectivity index (χ1v) is 13.1. The van der Waals surface area contributed by atoms with Gasteiger partial charge in [-0.1, -0.05) is 66.7 Å². The molecule has 1 heterocycles. The Labute approximate surface area is 202 Å². The normalized spacial score (nSPS) is 15.2. The van der Waals surface area contributed by atoms with Gasteiger partial charge in [0, 0.05) is 37.8 Å². The van der Waals surface area contributed by atoms with Crippen molar-refractivity contribution in [3.05, 3.63) is 101 Å². The van der Waals surface area contributed by atoms with E-state index in [1.807, 2.05) is 43.3 Å². The van der Waals surface area contributed by atoms with Gasteiger partial charge in [-0.2, -0.15) is 0 Å². The average molecular weight is 478 g/mol. The number of hydrogen-bond donors (Lipinski definition) is 2. The molecule has 0 unspecified atom stereocenters. The monoisotopic (exact) mass is 477 g/mol. The second-order valence-electron chi connectivity index (χ2n) is 8.80. The predicted octanol–water partition coefficient (Wildman–Crippen LogP) is 3.87. The standard InChI is InChI=1S/C27H31N3O3S/c1-21-12-13-25(34(32,33)28-19-22-8-4-2-5-9-22)18-26(21)27(31)29-24-14-16-30(17-15-24)20-23-10-6-3-7-11-23/h2-13,18,24,28H,14-17,19-20H2,1H3,(H,29,31). The van der Waals surface area contributed by atoms with Crippen molar-refractivity contribution in [2.45, 2.75) is 43.8 Å². The Balaban J connectivity index is 1.35. The summed E-state index contributed by atoms with van der Waals surface area (Å²) < 4.78 is 28.3. The zero-order valence-electron chi connectivity index (χ0n) is 19.4. The fraction of sp³-hybridized carbons (Fsp3) is 0.296. The van der Waals surface area contributed by atoms with Crippen LogP contribution in [0.2, 0.25) is 0 Å². The number of rotatable bonds is 8. The van der Waals surface area contributed by atoms with Crippen molar-refractivity contribution in [3.8, 4) is 0 Å². The number of piperidine rings is 1. The molecule has 1 fully saturated rings. The minimum Gasteiger partial charge on any atom is -0.349 e. The van der Waals surface area contributed by atoms with E-state index in [2.05, 4.69) is 39.2 Å². The molecular weight excluding hydrogens is 446 g/mol. The molecule has 0 aromatic heterocycles. The summed E-state index contributed by atoms with van der Waals surface area (Å²) in [6.45, 7) is 4.76. The van der Waals surface area contributed by atoms with Gasteiger partial charge >= 0.3 is 0 Å². The van der Waals surface area contributed by atoms with Gasteiger partial charge in [0.05, 0.1) is 4.90 Å². The number of sulfonamides is 1. The highest BCUT2D eigenvalue weighted by Crippen LogP contribution is 2.18. The molecule has 34 heavy (non-hydrogen) atoms. The maximum Gasteiger partial charge on any atom is 0.251 e. The highest BCUT2D eigenvalue weighted by molar-refractivity contribution is 7.89. The van der Waals surface area contributed by atoms with Crippen LogP contribution in [0.25, 0.3) is 0 Å². The van der Waals surface area contributed by atoms with Gasteiger partial charge in [-0.05, 0) is 48.6 Å². The fourth-order valence-corrected chi connectivity index (χ4v) is 5.25. The van der Waals surface area contributed by atoms with Crippen LogP contribution >= 0.6 is 0 Å². The lowest BCUT2D eigenvalue weighted by molar-refractivity contribution is 0.0908.